The smallest absolute Gasteiger partial charge is 0.338 e. The lowest BCUT2D eigenvalue weighted by molar-refractivity contribution is -0.242. The van der Waals surface area contributed by atoms with Crippen LogP contribution in [0, 0.1) is 5.92 Å². The first-order valence-corrected chi connectivity index (χ1v) is 7.87. The highest BCUT2D eigenvalue weighted by Gasteiger charge is 2.46. The van der Waals surface area contributed by atoms with Crippen molar-refractivity contribution in [3.63, 3.8) is 0 Å². The SMILES string of the molecule is O=C1OC(CO)C(COCC2OC(CO)C(O)C(O)C2O)C(O)C1O. The summed E-state index contributed by atoms with van der Waals surface area (Å²) < 4.78 is 15.4. The number of carbonyl (C=O) groups is 1. The molecule has 2 rings (SSSR count). The number of aliphatic hydroxyl groups is 7. The molecule has 2 saturated heterocycles. The minimum atomic E-state index is -1.76. The molecule has 2 aliphatic heterocycles. The van der Waals surface area contributed by atoms with Crippen molar-refractivity contribution in [3.8, 4) is 0 Å². The monoisotopic (exact) mass is 368 g/mol. The minimum absolute atomic E-state index is 0.244. The van der Waals surface area contributed by atoms with Crippen LogP contribution in [0.1, 0.15) is 0 Å². The Balaban J connectivity index is 1.91. The summed E-state index contributed by atoms with van der Waals surface area (Å²) in [5.74, 6) is -1.96. The Hall–Kier alpha value is -0.890. The number of cyclic esters (lactones) is 1. The summed E-state index contributed by atoms with van der Waals surface area (Å²) in [5.41, 5.74) is 0. The summed E-state index contributed by atoms with van der Waals surface area (Å²) >= 11 is 0. The van der Waals surface area contributed by atoms with Crippen molar-refractivity contribution < 1.29 is 54.8 Å². The molecule has 2 fully saturated rings. The fourth-order valence-electron chi connectivity index (χ4n) is 2.91. The Kier molecular flexibility index (Phi) is 7.08. The Labute approximate surface area is 143 Å². The molecular formula is C14H24O11. The Morgan fingerprint density at radius 1 is 0.800 bits per heavy atom. The van der Waals surface area contributed by atoms with Gasteiger partial charge in [-0.05, 0) is 0 Å². The van der Waals surface area contributed by atoms with Crippen molar-refractivity contribution in [2.75, 3.05) is 26.4 Å². The van der Waals surface area contributed by atoms with Gasteiger partial charge in [-0.2, -0.15) is 0 Å². The second-order valence-electron chi connectivity index (χ2n) is 6.16. The minimum Gasteiger partial charge on any atom is -0.457 e. The summed E-state index contributed by atoms with van der Waals surface area (Å²) in [5, 5.41) is 67.1. The normalized spacial score (nSPS) is 45.2. The lowest BCUT2D eigenvalue weighted by Gasteiger charge is -2.40. The second kappa shape index (κ2) is 8.66. The number of ether oxygens (including phenoxy) is 3. The highest BCUT2D eigenvalue weighted by molar-refractivity contribution is 5.76. The molecule has 0 aliphatic carbocycles. The maximum atomic E-state index is 11.3. The molecule has 0 spiro atoms. The van der Waals surface area contributed by atoms with Crippen LogP contribution in [0.25, 0.3) is 0 Å². The molecule has 0 radical (unpaired) electrons. The van der Waals surface area contributed by atoms with Crippen molar-refractivity contribution in [3.05, 3.63) is 0 Å². The molecule has 9 atom stereocenters. The van der Waals surface area contributed by atoms with Crippen molar-refractivity contribution in [1.82, 2.24) is 0 Å². The maximum absolute atomic E-state index is 11.3. The van der Waals surface area contributed by atoms with Crippen LogP contribution in [0.2, 0.25) is 0 Å². The highest BCUT2D eigenvalue weighted by Crippen LogP contribution is 2.25. The van der Waals surface area contributed by atoms with Crippen LogP contribution in [0.3, 0.4) is 0 Å². The van der Waals surface area contributed by atoms with Gasteiger partial charge in [-0.15, -0.1) is 0 Å². The van der Waals surface area contributed by atoms with Gasteiger partial charge in [-0.1, -0.05) is 0 Å². The predicted octanol–water partition coefficient (Wildman–Crippen LogP) is -4.90. The number of hydrogen-bond donors (Lipinski definition) is 7. The number of esters is 1. The van der Waals surface area contributed by atoms with Gasteiger partial charge in [0, 0.05) is 0 Å². The van der Waals surface area contributed by atoms with Crippen molar-refractivity contribution in [2.24, 2.45) is 5.92 Å². The molecule has 0 aromatic heterocycles. The molecule has 9 unspecified atom stereocenters. The number of hydrogen-bond acceptors (Lipinski definition) is 11. The van der Waals surface area contributed by atoms with Gasteiger partial charge < -0.3 is 50.0 Å². The summed E-state index contributed by atoms with van der Waals surface area (Å²) in [4.78, 5) is 11.3. The van der Waals surface area contributed by atoms with Gasteiger partial charge >= 0.3 is 5.97 Å². The van der Waals surface area contributed by atoms with Crippen molar-refractivity contribution in [2.45, 2.75) is 48.8 Å². The molecule has 0 saturated carbocycles. The van der Waals surface area contributed by atoms with E-state index in [2.05, 4.69) is 0 Å². The molecule has 2 heterocycles. The standard InChI is InChI=1S/C14H24O11/c15-1-6-5(9(17)13(21)14(22)25-6)3-23-4-8-11(19)12(20)10(18)7(2-16)24-8/h5-13,15-21H,1-4H2. The Bertz CT molecular complexity index is 442. The van der Waals surface area contributed by atoms with Gasteiger partial charge in [-0.25, -0.2) is 4.79 Å². The van der Waals surface area contributed by atoms with Crippen LogP contribution in [0.5, 0.6) is 0 Å². The summed E-state index contributed by atoms with van der Waals surface area (Å²) in [7, 11) is 0. The molecule has 11 nitrogen and oxygen atoms in total. The first-order valence-electron chi connectivity index (χ1n) is 7.87. The summed E-state index contributed by atoms with van der Waals surface area (Å²) in [6.45, 7) is -1.67. The zero-order valence-electron chi connectivity index (χ0n) is 13.3. The Morgan fingerprint density at radius 2 is 1.40 bits per heavy atom. The van der Waals surface area contributed by atoms with E-state index in [1.165, 1.54) is 0 Å². The highest BCUT2D eigenvalue weighted by atomic mass is 16.6. The van der Waals surface area contributed by atoms with Gasteiger partial charge in [0.05, 0.1) is 38.4 Å². The van der Waals surface area contributed by atoms with Gasteiger partial charge in [0.25, 0.3) is 0 Å². The van der Waals surface area contributed by atoms with E-state index in [1.807, 2.05) is 0 Å². The van der Waals surface area contributed by atoms with Crippen molar-refractivity contribution in [1.29, 1.82) is 0 Å². The van der Waals surface area contributed by atoms with E-state index in [-0.39, 0.29) is 13.2 Å². The molecular weight excluding hydrogens is 344 g/mol. The quantitative estimate of drug-likeness (QED) is 0.223. The second-order valence-corrected chi connectivity index (χ2v) is 6.16. The van der Waals surface area contributed by atoms with Crippen LogP contribution in [-0.2, 0) is 19.0 Å². The summed E-state index contributed by atoms with van der Waals surface area (Å²) in [6, 6.07) is 0. The molecule has 0 amide bonds. The molecule has 7 N–H and O–H groups in total. The Morgan fingerprint density at radius 3 is 2.00 bits per heavy atom. The molecule has 11 heteroatoms. The van der Waals surface area contributed by atoms with Crippen LogP contribution < -0.4 is 0 Å². The molecule has 2 aliphatic rings. The first-order chi connectivity index (χ1) is 11.8. The molecule has 146 valence electrons. The lowest BCUT2D eigenvalue weighted by atomic mass is 9.90. The molecule has 0 bridgehead atoms. The third-order valence-electron chi connectivity index (χ3n) is 4.51. The van der Waals surface area contributed by atoms with Gasteiger partial charge in [0.1, 0.15) is 36.6 Å². The van der Waals surface area contributed by atoms with E-state index < -0.39 is 73.9 Å². The fourth-order valence-corrected chi connectivity index (χ4v) is 2.91. The topological polar surface area (TPSA) is 186 Å². The van der Waals surface area contributed by atoms with Crippen LogP contribution in [-0.4, -0.2) is 117 Å². The zero-order chi connectivity index (χ0) is 18.7. The van der Waals surface area contributed by atoms with E-state index in [0.29, 0.717) is 0 Å². The predicted molar refractivity (Wildman–Crippen MR) is 77.1 cm³/mol. The number of rotatable bonds is 6. The number of carbonyl (C=O) groups excluding carboxylic acids is 1. The third kappa shape index (κ3) is 4.27. The van der Waals surface area contributed by atoms with Crippen LogP contribution in [0.15, 0.2) is 0 Å². The fraction of sp³-hybridized carbons (Fsp3) is 0.929. The third-order valence-corrected chi connectivity index (χ3v) is 4.51. The lowest BCUT2D eigenvalue weighted by Crippen LogP contribution is -2.60. The summed E-state index contributed by atoms with van der Waals surface area (Å²) in [6.07, 6.45) is -10.9. The molecule has 25 heavy (non-hydrogen) atoms. The van der Waals surface area contributed by atoms with E-state index in [0.717, 1.165) is 0 Å². The van der Waals surface area contributed by atoms with Crippen molar-refractivity contribution >= 4 is 5.97 Å². The van der Waals surface area contributed by atoms with E-state index in [4.69, 9.17) is 19.3 Å². The van der Waals surface area contributed by atoms with E-state index in [9.17, 15) is 35.4 Å². The average Bonchev–Trinajstić information content (AvgIpc) is 2.61. The number of aliphatic hydroxyl groups excluding tert-OH is 7. The molecule has 0 aromatic rings. The largest absolute Gasteiger partial charge is 0.457 e. The van der Waals surface area contributed by atoms with E-state index >= 15 is 0 Å². The van der Waals surface area contributed by atoms with Crippen LogP contribution in [0.4, 0.5) is 0 Å². The first kappa shape index (κ1) is 20.4. The maximum Gasteiger partial charge on any atom is 0.338 e. The zero-order valence-corrected chi connectivity index (χ0v) is 13.3. The molecule has 0 aromatic carbocycles. The van der Waals surface area contributed by atoms with E-state index in [1.54, 1.807) is 0 Å². The van der Waals surface area contributed by atoms with Crippen LogP contribution >= 0.6 is 0 Å². The van der Waals surface area contributed by atoms with Gasteiger partial charge in [-0.3, -0.25) is 0 Å². The van der Waals surface area contributed by atoms with Gasteiger partial charge in [0.2, 0.25) is 0 Å². The average molecular weight is 368 g/mol. The van der Waals surface area contributed by atoms with Gasteiger partial charge in [0.15, 0.2) is 6.10 Å².